The topological polar surface area (TPSA) is 32.8 Å². The van der Waals surface area contributed by atoms with Crippen molar-refractivity contribution in [1.82, 2.24) is 9.80 Å². The molecule has 0 spiro atoms. The van der Waals surface area contributed by atoms with Gasteiger partial charge in [0.2, 0.25) is 0 Å². The van der Waals surface area contributed by atoms with Crippen LogP contribution in [-0.2, 0) is 6.54 Å². The quantitative estimate of drug-likeness (QED) is 0.839. The Morgan fingerprint density at radius 1 is 1.08 bits per heavy atom. The average Bonchev–Trinajstić information content (AvgIpc) is 2.66. The first kappa shape index (κ1) is 18.3. The predicted molar refractivity (Wildman–Crippen MR) is 95.3 cm³/mol. The standard InChI is InChI=1S/C20H22F2N2O2/c1-14-16(6-4-8-18(14)26-2)20(25)24-11-9-23(10-12-24)13-15-5-3-7-17(21)19(15)22/h3-8H,9-13H2,1-2H3. The molecule has 3 rings (SSSR count). The third-order valence-corrected chi connectivity index (χ3v) is 4.82. The van der Waals surface area contributed by atoms with Crippen LogP contribution in [0.5, 0.6) is 5.75 Å². The van der Waals surface area contributed by atoms with E-state index in [1.54, 1.807) is 24.1 Å². The van der Waals surface area contributed by atoms with E-state index < -0.39 is 11.6 Å². The summed E-state index contributed by atoms with van der Waals surface area (Å²) in [6, 6.07) is 9.66. The SMILES string of the molecule is COc1cccc(C(=O)N2CCN(Cc3cccc(F)c3F)CC2)c1C. The number of benzene rings is 2. The molecule has 0 radical (unpaired) electrons. The van der Waals surface area contributed by atoms with Gasteiger partial charge in [0, 0.05) is 49.4 Å². The number of carbonyl (C=O) groups excluding carboxylic acids is 1. The largest absolute Gasteiger partial charge is 0.496 e. The van der Waals surface area contributed by atoms with Crippen molar-refractivity contribution in [3.05, 3.63) is 64.7 Å². The Kier molecular flexibility index (Phi) is 5.52. The lowest BCUT2D eigenvalue weighted by Gasteiger charge is -2.35. The van der Waals surface area contributed by atoms with Crippen molar-refractivity contribution in [3.63, 3.8) is 0 Å². The maximum Gasteiger partial charge on any atom is 0.254 e. The Hall–Kier alpha value is -2.47. The Bertz CT molecular complexity index is 802. The van der Waals surface area contributed by atoms with Crippen molar-refractivity contribution in [1.29, 1.82) is 0 Å². The van der Waals surface area contributed by atoms with E-state index in [2.05, 4.69) is 0 Å². The third kappa shape index (κ3) is 3.70. The van der Waals surface area contributed by atoms with E-state index in [-0.39, 0.29) is 5.91 Å². The van der Waals surface area contributed by atoms with Crippen molar-refractivity contribution in [2.75, 3.05) is 33.3 Å². The van der Waals surface area contributed by atoms with Gasteiger partial charge in [-0.1, -0.05) is 18.2 Å². The molecule has 0 atom stereocenters. The predicted octanol–water partition coefficient (Wildman–Crippen LogP) is 3.24. The minimum atomic E-state index is -0.829. The molecule has 6 heteroatoms. The number of hydrogen-bond donors (Lipinski definition) is 0. The van der Waals surface area contributed by atoms with Crippen molar-refractivity contribution in [2.24, 2.45) is 0 Å². The summed E-state index contributed by atoms with van der Waals surface area (Å²) in [5.74, 6) is -0.961. The summed E-state index contributed by atoms with van der Waals surface area (Å²) in [5.41, 5.74) is 1.80. The van der Waals surface area contributed by atoms with E-state index in [1.807, 2.05) is 24.0 Å². The number of nitrogens with zero attached hydrogens (tertiary/aromatic N) is 2. The van der Waals surface area contributed by atoms with Gasteiger partial charge in [0.05, 0.1) is 7.11 Å². The molecule has 2 aromatic rings. The molecule has 4 nitrogen and oxygen atoms in total. The summed E-state index contributed by atoms with van der Waals surface area (Å²) in [7, 11) is 1.58. The number of halogens is 2. The van der Waals surface area contributed by atoms with Crippen molar-refractivity contribution < 1.29 is 18.3 Å². The average molecular weight is 360 g/mol. The van der Waals surface area contributed by atoms with Crippen molar-refractivity contribution in [2.45, 2.75) is 13.5 Å². The second-order valence-electron chi connectivity index (χ2n) is 6.41. The first-order valence-electron chi connectivity index (χ1n) is 8.59. The van der Waals surface area contributed by atoms with Crippen LogP contribution in [-0.4, -0.2) is 49.0 Å². The number of rotatable bonds is 4. The van der Waals surface area contributed by atoms with Crippen LogP contribution in [0.4, 0.5) is 8.78 Å². The second kappa shape index (κ2) is 7.83. The summed E-state index contributed by atoms with van der Waals surface area (Å²) in [6.45, 7) is 4.53. The van der Waals surface area contributed by atoms with Gasteiger partial charge >= 0.3 is 0 Å². The van der Waals surface area contributed by atoms with Crippen LogP contribution in [0.15, 0.2) is 36.4 Å². The maximum absolute atomic E-state index is 13.8. The fourth-order valence-corrected chi connectivity index (χ4v) is 3.26. The van der Waals surface area contributed by atoms with Gasteiger partial charge in [0.25, 0.3) is 5.91 Å². The molecule has 2 aromatic carbocycles. The van der Waals surface area contributed by atoms with E-state index in [9.17, 15) is 13.6 Å². The molecule has 1 fully saturated rings. The van der Waals surface area contributed by atoms with Crippen LogP contribution in [0.2, 0.25) is 0 Å². The monoisotopic (exact) mass is 360 g/mol. The van der Waals surface area contributed by atoms with Crippen molar-refractivity contribution >= 4 is 5.91 Å². The molecule has 0 aromatic heterocycles. The highest BCUT2D eigenvalue weighted by molar-refractivity contribution is 5.96. The minimum absolute atomic E-state index is 0.0296. The van der Waals surface area contributed by atoms with Gasteiger partial charge in [-0.3, -0.25) is 9.69 Å². The second-order valence-corrected chi connectivity index (χ2v) is 6.41. The summed E-state index contributed by atoms with van der Waals surface area (Å²) >= 11 is 0. The van der Waals surface area contributed by atoms with Gasteiger partial charge in [-0.05, 0) is 25.1 Å². The summed E-state index contributed by atoms with van der Waals surface area (Å²) in [4.78, 5) is 16.6. The number of ether oxygens (including phenoxy) is 1. The van der Waals surface area contributed by atoms with E-state index in [1.165, 1.54) is 6.07 Å². The van der Waals surface area contributed by atoms with Gasteiger partial charge in [-0.15, -0.1) is 0 Å². The highest BCUT2D eigenvalue weighted by Gasteiger charge is 2.24. The summed E-state index contributed by atoms with van der Waals surface area (Å²) in [6.07, 6.45) is 0. The normalized spacial score (nSPS) is 15.2. The number of methoxy groups -OCH3 is 1. The fourth-order valence-electron chi connectivity index (χ4n) is 3.26. The van der Waals surface area contributed by atoms with Crippen LogP contribution >= 0.6 is 0 Å². The van der Waals surface area contributed by atoms with Gasteiger partial charge in [-0.2, -0.15) is 0 Å². The highest BCUT2D eigenvalue weighted by Crippen LogP contribution is 2.23. The molecule has 138 valence electrons. The molecule has 1 aliphatic rings. The molecule has 1 amide bonds. The molecule has 0 bridgehead atoms. The zero-order chi connectivity index (χ0) is 18.7. The van der Waals surface area contributed by atoms with Crippen LogP contribution in [0.3, 0.4) is 0 Å². The van der Waals surface area contributed by atoms with E-state index in [0.29, 0.717) is 49.6 Å². The molecular weight excluding hydrogens is 338 g/mol. The number of amides is 1. The lowest BCUT2D eigenvalue weighted by atomic mass is 10.1. The lowest BCUT2D eigenvalue weighted by molar-refractivity contribution is 0.0625. The lowest BCUT2D eigenvalue weighted by Crippen LogP contribution is -2.48. The van der Waals surface area contributed by atoms with E-state index in [4.69, 9.17) is 4.74 Å². The molecule has 26 heavy (non-hydrogen) atoms. The minimum Gasteiger partial charge on any atom is -0.496 e. The van der Waals surface area contributed by atoms with Crippen LogP contribution < -0.4 is 4.74 Å². The highest BCUT2D eigenvalue weighted by atomic mass is 19.2. The molecule has 0 saturated carbocycles. The fraction of sp³-hybridized carbons (Fsp3) is 0.350. The molecule has 0 N–H and O–H groups in total. The van der Waals surface area contributed by atoms with Crippen LogP contribution in [0, 0.1) is 18.6 Å². The first-order chi connectivity index (χ1) is 12.5. The molecular formula is C20H22F2N2O2. The van der Waals surface area contributed by atoms with E-state index >= 15 is 0 Å². The summed E-state index contributed by atoms with van der Waals surface area (Å²) < 4.78 is 32.4. The third-order valence-electron chi connectivity index (χ3n) is 4.82. The van der Waals surface area contributed by atoms with Crippen molar-refractivity contribution in [3.8, 4) is 5.75 Å². The summed E-state index contributed by atoms with van der Waals surface area (Å²) in [5, 5.41) is 0. The maximum atomic E-state index is 13.8. The smallest absolute Gasteiger partial charge is 0.254 e. The molecule has 1 aliphatic heterocycles. The molecule has 0 unspecified atom stereocenters. The zero-order valence-corrected chi connectivity index (χ0v) is 15.0. The zero-order valence-electron chi connectivity index (χ0n) is 15.0. The first-order valence-corrected chi connectivity index (χ1v) is 8.59. The number of hydrogen-bond acceptors (Lipinski definition) is 3. The number of piperazine rings is 1. The van der Waals surface area contributed by atoms with Gasteiger partial charge in [0.15, 0.2) is 11.6 Å². The molecule has 0 aliphatic carbocycles. The Balaban J connectivity index is 1.63. The Morgan fingerprint density at radius 2 is 1.77 bits per heavy atom. The molecule has 1 saturated heterocycles. The van der Waals surface area contributed by atoms with E-state index in [0.717, 1.165) is 11.6 Å². The molecule has 1 heterocycles. The Labute approximate surface area is 152 Å². The van der Waals surface area contributed by atoms with Crippen LogP contribution in [0.25, 0.3) is 0 Å². The number of carbonyl (C=O) groups is 1. The van der Waals surface area contributed by atoms with Gasteiger partial charge in [0.1, 0.15) is 5.75 Å². The van der Waals surface area contributed by atoms with Crippen LogP contribution in [0.1, 0.15) is 21.5 Å². The Morgan fingerprint density at radius 3 is 2.46 bits per heavy atom. The van der Waals surface area contributed by atoms with Gasteiger partial charge < -0.3 is 9.64 Å². The van der Waals surface area contributed by atoms with Gasteiger partial charge in [-0.25, -0.2) is 8.78 Å².